The fourth-order valence-electron chi connectivity index (χ4n) is 1.92. The van der Waals surface area contributed by atoms with Gasteiger partial charge in [0.15, 0.2) is 0 Å². The Bertz CT molecular complexity index is 535. The smallest absolute Gasteiger partial charge is 0.307 e. The van der Waals surface area contributed by atoms with Crippen LogP contribution in [0, 0.1) is 12.8 Å². The maximum Gasteiger partial charge on any atom is 0.307 e. The second-order valence-corrected chi connectivity index (χ2v) is 6.06. The number of aromatic nitrogens is 1. The Labute approximate surface area is 127 Å². The van der Waals surface area contributed by atoms with Crippen molar-refractivity contribution in [3.8, 4) is 0 Å². The van der Waals surface area contributed by atoms with Gasteiger partial charge in [0, 0.05) is 37.0 Å². The number of carboxylic acids is 1. The Hall–Kier alpha value is -1.63. The maximum atomic E-state index is 11.7. The molecular formula is C14H22N2O4S. The molecule has 6 nitrogen and oxygen atoms in total. The molecule has 0 aliphatic carbocycles. The van der Waals surface area contributed by atoms with Gasteiger partial charge in [0.25, 0.3) is 0 Å². The lowest BCUT2D eigenvalue weighted by Crippen LogP contribution is -2.28. The van der Waals surface area contributed by atoms with Crippen LogP contribution in [0.15, 0.2) is 10.2 Å². The first-order valence-corrected chi connectivity index (χ1v) is 7.91. The molecule has 1 heterocycles. The highest BCUT2D eigenvalue weighted by molar-refractivity contribution is 7.07. The molecule has 0 aliphatic rings. The lowest BCUT2D eigenvalue weighted by molar-refractivity contribution is -0.137. The number of nitrogens with zero attached hydrogens (tertiary/aromatic N) is 1. The second kappa shape index (κ2) is 8.61. The van der Waals surface area contributed by atoms with E-state index in [2.05, 4.69) is 5.32 Å². The number of carbonyl (C=O) groups is 2. The zero-order chi connectivity index (χ0) is 15.8. The predicted octanol–water partition coefficient (Wildman–Crippen LogP) is 1.62. The summed E-state index contributed by atoms with van der Waals surface area (Å²) in [4.78, 5) is 33.6. The van der Waals surface area contributed by atoms with Crippen LogP contribution in [0.5, 0.6) is 0 Å². The topological polar surface area (TPSA) is 88.4 Å². The number of nitrogens with one attached hydrogen (secondary N) is 1. The molecule has 1 aromatic heterocycles. The summed E-state index contributed by atoms with van der Waals surface area (Å²) in [6, 6.07) is 0. The molecular weight excluding hydrogens is 292 g/mol. The Morgan fingerprint density at radius 3 is 2.71 bits per heavy atom. The van der Waals surface area contributed by atoms with E-state index in [1.165, 1.54) is 11.3 Å². The van der Waals surface area contributed by atoms with Gasteiger partial charge < -0.3 is 15.0 Å². The molecule has 0 fully saturated rings. The number of hydrogen-bond donors (Lipinski definition) is 2. The molecule has 1 unspecified atom stereocenters. The fourth-order valence-corrected chi connectivity index (χ4v) is 2.68. The number of carboxylic acid groups (broad SMARTS) is 1. The maximum absolute atomic E-state index is 11.7. The SMILES string of the molecule is Cc1csc(=O)n1CCCC(=O)NCC(C)CCC(=O)O. The van der Waals surface area contributed by atoms with Gasteiger partial charge in [-0.15, -0.1) is 0 Å². The van der Waals surface area contributed by atoms with Crippen molar-refractivity contribution < 1.29 is 14.7 Å². The van der Waals surface area contributed by atoms with E-state index < -0.39 is 5.97 Å². The second-order valence-electron chi connectivity index (χ2n) is 5.24. The van der Waals surface area contributed by atoms with Gasteiger partial charge in [-0.05, 0) is 25.7 Å². The Morgan fingerprint density at radius 1 is 1.43 bits per heavy atom. The van der Waals surface area contributed by atoms with Crippen molar-refractivity contribution in [2.75, 3.05) is 6.54 Å². The minimum Gasteiger partial charge on any atom is -0.481 e. The predicted molar refractivity (Wildman–Crippen MR) is 81.6 cm³/mol. The molecule has 0 saturated heterocycles. The number of aryl methyl sites for hydroxylation is 1. The average molecular weight is 314 g/mol. The quantitative estimate of drug-likeness (QED) is 0.725. The zero-order valence-corrected chi connectivity index (χ0v) is 13.2. The van der Waals surface area contributed by atoms with Gasteiger partial charge in [-0.3, -0.25) is 14.4 Å². The third-order valence-corrected chi connectivity index (χ3v) is 4.14. The van der Waals surface area contributed by atoms with Gasteiger partial charge in [-0.1, -0.05) is 18.3 Å². The lowest BCUT2D eigenvalue weighted by atomic mass is 10.1. The number of carbonyl (C=O) groups excluding carboxylic acids is 1. The average Bonchev–Trinajstić information content (AvgIpc) is 2.74. The minimum absolute atomic E-state index is 0.00945. The standard InChI is InChI=1S/C14H22N2O4S/c1-10(5-6-13(18)19)8-15-12(17)4-3-7-16-11(2)9-21-14(16)20/h9-10H,3-8H2,1-2H3,(H,15,17)(H,18,19). The van der Waals surface area contributed by atoms with Crippen molar-refractivity contribution in [1.29, 1.82) is 0 Å². The first-order chi connectivity index (χ1) is 9.90. The summed E-state index contributed by atoms with van der Waals surface area (Å²) < 4.78 is 1.67. The van der Waals surface area contributed by atoms with Crippen LogP contribution < -0.4 is 10.2 Å². The molecule has 2 N–H and O–H groups in total. The van der Waals surface area contributed by atoms with Crippen molar-refractivity contribution in [2.45, 2.75) is 46.1 Å². The van der Waals surface area contributed by atoms with Crippen LogP contribution >= 0.6 is 11.3 Å². The monoisotopic (exact) mass is 314 g/mol. The van der Waals surface area contributed by atoms with Crippen molar-refractivity contribution in [3.63, 3.8) is 0 Å². The highest BCUT2D eigenvalue weighted by atomic mass is 32.1. The van der Waals surface area contributed by atoms with E-state index >= 15 is 0 Å². The van der Waals surface area contributed by atoms with E-state index in [1.807, 2.05) is 19.2 Å². The molecule has 0 radical (unpaired) electrons. The van der Waals surface area contributed by atoms with Crippen LogP contribution in [0.2, 0.25) is 0 Å². The van der Waals surface area contributed by atoms with E-state index in [0.29, 0.717) is 32.4 Å². The molecule has 21 heavy (non-hydrogen) atoms. The van der Waals surface area contributed by atoms with Gasteiger partial charge in [-0.2, -0.15) is 0 Å². The molecule has 0 spiro atoms. The van der Waals surface area contributed by atoms with Gasteiger partial charge >= 0.3 is 10.8 Å². The Morgan fingerprint density at radius 2 is 2.14 bits per heavy atom. The number of thiazole rings is 1. The van der Waals surface area contributed by atoms with E-state index in [4.69, 9.17) is 5.11 Å². The molecule has 0 bridgehead atoms. The van der Waals surface area contributed by atoms with Gasteiger partial charge in [-0.25, -0.2) is 0 Å². The van der Waals surface area contributed by atoms with Gasteiger partial charge in [0.1, 0.15) is 0 Å². The molecule has 1 rings (SSSR count). The highest BCUT2D eigenvalue weighted by Crippen LogP contribution is 2.05. The van der Waals surface area contributed by atoms with Crippen LogP contribution in [0.25, 0.3) is 0 Å². The summed E-state index contributed by atoms with van der Waals surface area (Å²) >= 11 is 1.17. The third-order valence-electron chi connectivity index (χ3n) is 3.26. The van der Waals surface area contributed by atoms with E-state index in [-0.39, 0.29) is 23.1 Å². The Balaban J connectivity index is 2.20. The van der Waals surface area contributed by atoms with Crippen LogP contribution in [0.4, 0.5) is 0 Å². The summed E-state index contributed by atoms with van der Waals surface area (Å²) in [5, 5.41) is 13.2. The lowest BCUT2D eigenvalue weighted by Gasteiger charge is -2.11. The van der Waals surface area contributed by atoms with E-state index in [0.717, 1.165) is 5.69 Å². The summed E-state index contributed by atoms with van der Waals surface area (Å²) in [6.07, 6.45) is 1.66. The molecule has 1 aromatic rings. The number of aliphatic carboxylic acids is 1. The van der Waals surface area contributed by atoms with Crippen LogP contribution in [0.1, 0.15) is 38.3 Å². The number of rotatable bonds is 9. The summed E-state index contributed by atoms with van der Waals surface area (Å²) in [5.74, 6) is -0.727. The van der Waals surface area contributed by atoms with Crippen molar-refractivity contribution in [2.24, 2.45) is 5.92 Å². The molecule has 1 amide bonds. The van der Waals surface area contributed by atoms with Crippen LogP contribution in [-0.2, 0) is 16.1 Å². The van der Waals surface area contributed by atoms with Crippen LogP contribution in [0.3, 0.4) is 0 Å². The van der Waals surface area contributed by atoms with Crippen LogP contribution in [-0.4, -0.2) is 28.1 Å². The molecule has 118 valence electrons. The first-order valence-electron chi connectivity index (χ1n) is 7.03. The summed E-state index contributed by atoms with van der Waals surface area (Å²) in [6.45, 7) is 4.83. The van der Waals surface area contributed by atoms with Crippen molar-refractivity contribution in [1.82, 2.24) is 9.88 Å². The third kappa shape index (κ3) is 6.57. The highest BCUT2D eigenvalue weighted by Gasteiger charge is 2.08. The molecule has 0 aromatic carbocycles. The fraction of sp³-hybridized carbons (Fsp3) is 0.643. The normalized spacial score (nSPS) is 12.1. The molecule has 0 aliphatic heterocycles. The van der Waals surface area contributed by atoms with E-state index in [9.17, 15) is 14.4 Å². The van der Waals surface area contributed by atoms with Gasteiger partial charge in [0.2, 0.25) is 5.91 Å². The van der Waals surface area contributed by atoms with Crippen molar-refractivity contribution in [3.05, 3.63) is 20.7 Å². The Kier molecular flexibility index (Phi) is 7.14. The van der Waals surface area contributed by atoms with Gasteiger partial charge in [0.05, 0.1) is 0 Å². The largest absolute Gasteiger partial charge is 0.481 e. The van der Waals surface area contributed by atoms with E-state index in [1.54, 1.807) is 4.57 Å². The summed E-state index contributed by atoms with van der Waals surface area (Å²) in [5.41, 5.74) is 0.924. The molecule has 1 atom stereocenters. The van der Waals surface area contributed by atoms with Crippen molar-refractivity contribution >= 4 is 23.2 Å². The first kappa shape index (κ1) is 17.4. The zero-order valence-electron chi connectivity index (χ0n) is 12.4. The summed E-state index contributed by atoms with van der Waals surface area (Å²) in [7, 11) is 0. The minimum atomic E-state index is -0.815. The molecule has 7 heteroatoms. The molecule has 0 saturated carbocycles. The number of amides is 1. The number of hydrogen-bond acceptors (Lipinski definition) is 4.